The van der Waals surface area contributed by atoms with Gasteiger partial charge in [-0.25, -0.2) is 0 Å². The van der Waals surface area contributed by atoms with Crippen molar-refractivity contribution in [1.29, 1.82) is 0 Å². The number of amides is 9. The second-order valence-electron chi connectivity index (χ2n) is 34.1. The van der Waals surface area contributed by atoms with Gasteiger partial charge in [-0.1, -0.05) is 232 Å². The zero-order valence-corrected chi connectivity index (χ0v) is 90.4. The molecule has 29 nitrogen and oxygen atoms in total. The molecular weight excluding hydrogens is 1850 g/mol. The highest BCUT2D eigenvalue weighted by atomic mass is 16.5. The molecule has 9 aromatic rings. The maximum Gasteiger partial charge on any atom is 0.257 e. The third-order valence-electron chi connectivity index (χ3n) is 21.2. The van der Waals surface area contributed by atoms with Crippen LogP contribution in [0.1, 0.15) is 167 Å². The maximum absolute atomic E-state index is 11.0. The van der Waals surface area contributed by atoms with Gasteiger partial charge in [-0.3, -0.25) is 43.2 Å². The van der Waals surface area contributed by atoms with Crippen molar-refractivity contribution < 1.29 is 95.3 Å². The van der Waals surface area contributed by atoms with E-state index < -0.39 is 0 Å². The lowest BCUT2D eigenvalue weighted by Crippen LogP contribution is -2.24. The van der Waals surface area contributed by atoms with Crippen molar-refractivity contribution in [3.05, 3.63) is 302 Å². The predicted molar refractivity (Wildman–Crippen MR) is 583 cm³/mol. The fraction of sp³-hybridized carbons (Fsp3) is 0.462. The van der Waals surface area contributed by atoms with E-state index in [1.807, 2.05) is 93.6 Å². The van der Waals surface area contributed by atoms with Crippen LogP contribution in [-0.4, -0.2) is 229 Å². The molecule has 0 fully saturated rings. The van der Waals surface area contributed by atoms with Crippen molar-refractivity contribution in [3.63, 3.8) is 0 Å². The van der Waals surface area contributed by atoms with Crippen LogP contribution in [0.3, 0.4) is 0 Å². The molecule has 0 unspecified atom stereocenters. The second kappa shape index (κ2) is 88.8. The molecule has 9 amide bonds. The summed E-state index contributed by atoms with van der Waals surface area (Å²) in [6, 6.07) is 74.0. The third-order valence-corrected chi connectivity index (χ3v) is 21.2. The number of hydrogen-bond acceptors (Lipinski definition) is 20. The lowest BCUT2D eigenvalue weighted by Gasteiger charge is -2.07. The molecule has 9 N–H and O–H groups in total. The quantitative estimate of drug-likeness (QED) is 0.0160. The van der Waals surface area contributed by atoms with Crippen LogP contribution in [0.5, 0.6) is 17.2 Å². The van der Waals surface area contributed by atoms with Gasteiger partial charge in [-0.05, 0) is 209 Å². The molecule has 29 heteroatoms. The summed E-state index contributed by atoms with van der Waals surface area (Å²) < 4.78 is 58.8. The van der Waals surface area contributed by atoms with Crippen molar-refractivity contribution in [2.45, 2.75) is 185 Å². The highest BCUT2D eigenvalue weighted by molar-refractivity contribution is 5.79. The van der Waals surface area contributed by atoms with E-state index in [4.69, 9.17) is 52.1 Å². The number of carbonyl (C=O) groups excluding carboxylic acids is 9. The average molecular weight is 2020 g/mol. The molecule has 0 aromatic heterocycles. The second-order valence-corrected chi connectivity index (χ2v) is 34.1. The monoisotopic (exact) mass is 2020 g/mol. The van der Waals surface area contributed by atoms with Crippen molar-refractivity contribution in [3.8, 4) is 17.2 Å². The van der Waals surface area contributed by atoms with E-state index in [1.54, 1.807) is 63.4 Å². The lowest BCUT2D eigenvalue weighted by molar-refractivity contribution is -0.126. The number of rotatable bonds is 56. The first-order valence-corrected chi connectivity index (χ1v) is 50.4. The number of unbranched alkanes of at least 4 members (excludes halogenated alkanes) is 2. The summed E-state index contributed by atoms with van der Waals surface area (Å²) in [5, 5.41) is 23.0. The molecule has 9 rings (SSSR count). The Bertz CT molecular complexity index is 4490. The fourth-order valence-corrected chi connectivity index (χ4v) is 12.0. The van der Waals surface area contributed by atoms with Crippen LogP contribution in [0.15, 0.2) is 218 Å². The summed E-state index contributed by atoms with van der Waals surface area (Å²) in [5.41, 5.74) is 18.8. The number of nitrogens with one attached hydrogen (secondary N) is 9. The molecule has 0 spiro atoms. The van der Waals surface area contributed by atoms with Gasteiger partial charge in [0.05, 0.1) is 66.1 Å². The highest BCUT2D eigenvalue weighted by Crippen LogP contribution is 2.17. The van der Waals surface area contributed by atoms with Gasteiger partial charge >= 0.3 is 0 Å². The largest absolute Gasteiger partial charge is 0.494 e. The van der Waals surface area contributed by atoms with E-state index >= 15 is 0 Å². The Balaban J connectivity index is 0.000000823. The van der Waals surface area contributed by atoms with Gasteiger partial charge in [-0.15, -0.1) is 0 Å². The van der Waals surface area contributed by atoms with Gasteiger partial charge in [0.15, 0.2) is 6.61 Å². The maximum atomic E-state index is 11.0. The van der Waals surface area contributed by atoms with E-state index in [9.17, 15) is 43.2 Å². The Kier molecular flexibility index (Phi) is 79.8. The van der Waals surface area contributed by atoms with E-state index in [2.05, 4.69) is 235 Å². The molecule has 0 atom stereocenters. The van der Waals surface area contributed by atoms with Crippen LogP contribution in [0.4, 0.5) is 0 Å². The molecule has 146 heavy (non-hydrogen) atoms. The summed E-state index contributed by atoms with van der Waals surface area (Å²) in [6.45, 7) is 27.5. The zero-order valence-electron chi connectivity index (χ0n) is 90.4. The number of ether oxygens (including phenoxy) is 11. The molecule has 804 valence electrons. The first kappa shape index (κ1) is 131. The Labute approximate surface area is 871 Å². The summed E-state index contributed by atoms with van der Waals surface area (Å²) in [6.07, 6.45) is 13.9. The van der Waals surface area contributed by atoms with Crippen molar-refractivity contribution in [1.82, 2.24) is 47.9 Å². The molecule has 0 aliphatic carbocycles. The van der Waals surface area contributed by atoms with Gasteiger partial charge < -0.3 is 100.0 Å². The number of hydrogen-bond donors (Lipinski definition) is 9. The minimum absolute atomic E-state index is 0.00410. The standard InChI is InChI=1S/4C14H21NO3.2C13H19NO2.C13H19NO.C12H17NO.C10H13NO2/c1-12-4-6-13(7-5-12)10-17-8-3-9-18-11-14(16)15-2;1-12-3-5-13(6-4-12)11-18-10-9-17-8-7-14(16)15-2;1-12-3-5-13(6-4-12)7-8-17-9-10-18-11-14(16)15-2;1-12-5-7-13(8-6-12)18-11-10-17-9-3-4-14(16)15-2;1-11-5-7-12(8-6-11)4-3-9-16-10-13(15)14-2;1-11-6-8-12(9-7-11)16-10-4-3-5-13(15)14-2;1-11-7-9-12(10-8-11)5-3-4-6-13(15)14-2;1-10-6-8-11(9-7-10)4-3-5-12(14)13-2;1-8-3-5-9(6-4-8)13-7-10(12)11-2/h4-7H,3,8-11H2,1-2H3,(H,15,16);2*3-6H,7-11H2,1-2H3,(H,15,16);5-8H,3-4,9-11H2,1-2H3,(H,15,16);5-8H,3-4,9-10H2,1-2H3,(H,14,15);6-9H,3-5,10H2,1-2H3,(H,14,15);7-10H,3-6H2,1-2H3,(H,14,15);6-9H,3-5H2,1-2H3,(H,13,14);3-6H,7H2,1-2H3,(H,11,12). The van der Waals surface area contributed by atoms with Crippen LogP contribution in [0.25, 0.3) is 0 Å². The topological polar surface area (TPSA) is 363 Å². The Morgan fingerprint density at radius 2 is 0.411 bits per heavy atom. The van der Waals surface area contributed by atoms with E-state index in [1.165, 1.54) is 77.9 Å². The van der Waals surface area contributed by atoms with Crippen LogP contribution in [-0.2, 0) is 120 Å². The fourth-order valence-electron chi connectivity index (χ4n) is 12.0. The minimum Gasteiger partial charge on any atom is -0.494 e. The van der Waals surface area contributed by atoms with Crippen LogP contribution < -0.4 is 62.1 Å². The molecule has 0 saturated heterocycles. The number of benzene rings is 9. The minimum atomic E-state index is -0.124. The van der Waals surface area contributed by atoms with E-state index in [-0.39, 0.29) is 79.6 Å². The van der Waals surface area contributed by atoms with Gasteiger partial charge in [0.1, 0.15) is 43.7 Å². The van der Waals surface area contributed by atoms with Crippen LogP contribution in [0, 0.1) is 62.3 Å². The molecule has 9 aromatic carbocycles. The number of aryl methyl sites for hydroxylation is 12. The molecule has 0 aliphatic heterocycles. The van der Waals surface area contributed by atoms with Crippen LogP contribution in [0.2, 0.25) is 0 Å². The molecular formula is C117H171N9O20. The first-order chi connectivity index (χ1) is 70.5. The lowest BCUT2D eigenvalue weighted by atomic mass is 10.1. The summed E-state index contributed by atoms with van der Waals surface area (Å²) >= 11 is 0. The zero-order chi connectivity index (χ0) is 108. The number of likely N-dealkylation sites (N-methyl/N-ethyl adjacent to an activating group) is 4. The van der Waals surface area contributed by atoms with Gasteiger partial charge in [-0.2, -0.15) is 0 Å². The van der Waals surface area contributed by atoms with E-state index in [0.717, 1.165) is 94.1 Å². The predicted octanol–water partition coefficient (Wildman–Crippen LogP) is 16.2. The molecule has 0 aliphatic rings. The molecule has 0 bridgehead atoms. The summed E-state index contributed by atoms with van der Waals surface area (Å²) in [7, 11) is 14.6. The van der Waals surface area contributed by atoms with Crippen LogP contribution >= 0.6 is 0 Å². The average Bonchev–Trinajstić information content (AvgIpc) is 0.713. The molecule has 0 saturated carbocycles. The summed E-state index contributed by atoms with van der Waals surface area (Å²) in [4.78, 5) is 98.0. The Morgan fingerprint density at radius 1 is 0.171 bits per heavy atom. The summed E-state index contributed by atoms with van der Waals surface area (Å²) in [5.74, 6) is 2.45. The van der Waals surface area contributed by atoms with Gasteiger partial charge in [0.25, 0.3) is 5.91 Å². The van der Waals surface area contributed by atoms with Crippen molar-refractivity contribution in [2.75, 3.05) is 176 Å². The van der Waals surface area contributed by atoms with Crippen molar-refractivity contribution in [2.24, 2.45) is 0 Å². The van der Waals surface area contributed by atoms with Crippen molar-refractivity contribution >= 4 is 53.2 Å². The highest BCUT2D eigenvalue weighted by Gasteiger charge is 2.08. The normalized spacial score (nSPS) is 10.1. The Morgan fingerprint density at radius 3 is 0.795 bits per heavy atom. The first-order valence-electron chi connectivity index (χ1n) is 50.4. The molecule has 0 radical (unpaired) electrons. The van der Waals surface area contributed by atoms with Gasteiger partial charge in [0, 0.05) is 122 Å². The number of carbonyl (C=O) groups is 9. The SMILES string of the molecule is CNC(=O)CCCCOc1ccc(C)cc1.CNC(=O)CCCCc1ccc(C)cc1.CNC(=O)CCCOCCOc1ccc(C)cc1.CNC(=O)CCCc1ccc(C)cc1.CNC(=O)CCOCCOCc1ccc(C)cc1.CNC(=O)COCCCOCc1ccc(C)cc1.CNC(=O)COCCCc1ccc(C)cc1.CNC(=O)COCCOCCc1ccc(C)cc1.CNC(=O)COc1ccc(C)cc1. The van der Waals surface area contributed by atoms with Gasteiger partial charge in [0.2, 0.25) is 47.3 Å². The smallest absolute Gasteiger partial charge is 0.257 e. The molecule has 0 heterocycles. The third kappa shape index (κ3) is 77.8. The Hall–Kier alpha value is -12.7. The van der Waals surface area contributed by atoms with E-state index in [0.29, 0.717) is 137 Å².